The average Bonchev–Trinajstić information content (AvgIpc) is 2.53. The number of hydrogen-bond donors (Lipinski definition) is 3. The quantitative estimate of drug-likeness (QED) is 0.620. The Labute approximate surface area is 128 Å². The van der Waals surface area contributed by atoms with Crippen LogP contribution >= 0.6 is 0 Å². The van der Waals surface area contributed by atoms with Crippen LogP contribution in [0.3, 0.4) is 0 Å². The van der Waals surface area contributed by atoms with Crippen molar-refractivity contribution in [1.29, 1.82) is 0 Å². The molecule has 0 saturated heterocycles. The Morgan fingerprint density at radius 2 is 1.90 bits per heavy atom. The molecule has 4 nitrogen and oxygen atoms in total. The van der Waals surface area contributed by atoms with Gasteiger partial charge in [-0.3, -0.25) is 0 Å². The molecule has 0 radical (unpaired) electrons. The second-order valence-electron chi connectivity index (χ2n) is 5.51. The van der Waals surface area contributed by atoms with E-state index in [1.54, 1.807) is 0 Å². The standard InChI is InChI=1S/C17H29NO3/c1-4-13(3)16-8-6-7-9-17(16)21-12-15(20)10-18-14(5-2)11-19/h6-9,13-15,18-20H,4-5,10-12H2,1-3H3/t13-,14+,15-/m1/s1. The lowest BCUT2D eigenvalue weighted by Crippen LogP contribution is -2.39. The number of para-hydroxylation sites is 1. The van der Waals surface area contributed by atoms with Gasteiger partial charge in [0.25, 0.3) is 0 Å². The number of ether oxygens (including phenoxy) is 1. The molecule has 0 bridgehead atoms. The van der Waals surface area contributed by atoms with Crippen LogP contribution in [0.2, 0.25) is 0 Å². The zero-order chi connectivity index (χ0) is 15.7. The first kappa shape index (κ1) is 18.0. The number of rotatable bonds is 10. The summed E-state index contributed by atoms with van der Waals surface area (Å²) >= 11 is 0. The summed E-state index contributed by atoms with van der Waals surface area (Å²) < 4.78 is 5.77. The fraction of sp³-hybridized carbons (Fsp3) is 0.647. The van der Waals surface area contributed by atoms with Crippen molar-refractivity contribution >= 4 is 0 Å². The molecule has 1 rings (SSSR count). The monoisotopic (exact) mass is 295 g/mol. The van der Waals surface area contributed by atoms with Gasteiger partial charge in [-0.15, -0.1) is 0 Å². The maximum Gasteiger partial charge on any atom is 0.122 e. The van der Waals surface area contributed by atoms with Crippen molar-refractivity contribution in [3.63, 3.8) is 0 Å². The van der Waals surface area contributed by atoms with E-state index in [1.807, 2.05) is 25.1 Å². The minimum absolute atomic E-state index is 0.0343. The Bertz CT molecular complexity index is 393. The van der Waals surface area contributed by atoms with E-state index in [2.05, 4.69) is 25.2 Å². The summed E-state index contributed by atoms with van der Waals surface area (Å²) in [6.45, 7) is 7.08. The predicted octanol–water partition coefficient (Wildman–Crippen LogP) is 2.30. The van der Waals surface area contributed by atoms with Gasteiger partial charge >= 0.3 is 0 Å². The first-order valence-corrected chi connectivity index (χ1v) is 7.86. The van der Waals surface area contributed by atoms with E-state index in [1.165, 1.54) is 5.56 Å². The molecule has 3 N–H and O–H groups in total. The fourth-order valence-electron chi connectivity index (χ4n) is 2.12. The molecule has 0 unspecified atom stereocenters. The number of hydrogen-bond acceptors (Lipinski definition) is 4. The smallest absolute Gasteiger partial charge is 0.122 e. The highest BCUT2D eigenvalue weighted by Crippen LogP contribution is 2.28. The van der Waals surface area contributed by atoms with Crippen molar-refractivity contribution in [2.24, 2.45) is 0 Å². The maximum absolute atomic E-state index is 9.97. The summed E-state index contributed by atoms with van der Waals surface area (Å²) in [5, 5.41) is 22.2. The first-order valence-electron chi connectivity index (χ1n) is 7.86. The average molecular weight is 295 g/mol. The molecule has 0 fully saturated rings. The summed E-state index contributed by atoms with van der Waals surface area (Å²) in [5.41, 5.74) is 1.18. The SMILES string of the molecule is CC[C@@H](CO)NC[C@@H](O)COc1ccccc1[C@H](C)CC. The van der Waals surface area contributed by atoms with Crippen LogP contribution in [-0.4, -0.2) is 42.1 Å². The predicted molar refractivity (Wildman–Crippen MR) is 85.8 cm³/mol. The first-order chi connectivity index (χ1) is 10.1. The van der Waals surface area contributed by atoms with Crippen LogP contribution in [0.15, 0.2) is 24.3 Å². The zero-order valence-electron chi connectivity index (χ0n) is 13.4. The molecular formula is C17H29NO3. The third-order valence-corrected chi connectivity index (χ3v) is 3.85. The molecule has 0 heterocycles. The number of aliphatic hydroxyl groups excluding tert-OH is 2. The highest BCUT2D eigenvalue weighted by atomic mass is 16.5. The molecule has 3 atom stereocenters. The Morgan fingerprint density at radius 1 is 1.19 bits per heavy atom. The molecule has 120 valence electrons. The highest BCUT2D eigenvalue weighted by Gasteiger charge is 2.12. The summed E-state index contributed by atoms with van der Waals surface area (Å²) in [6, 6.07) is 8.02. The van der Waals surface area contributed by atoms with Crippen LogP contribution in [0.1, 0.15) is 45.1 Å². The van der Waals surface area contributed by atoms with Crippen molar-refractivity contribution < 1.29 is 14.9 Å². The minimum Gasteiger partial charge on any atom is -0.491 e. The van der Waals surface area contributed by atoms with Crippen LogP contribution in [0.25, 0.3) is 0 Å². The third kappa shape index (κ3) is 6.04. The molecule has 0 aliphatic carbocycles. The Morgan fingerprint density at radius 3 is 2.52 bits per heavy atom. The van der Waals surface area contributed by atoms with E-state index in [4.69, 9.17) is 9.84 Å². The summed E-state index contributed by atoms with van der Waals surface area (Å²) in [4.78, 5) is 0. The van der Waals surface area contributed by atoms with Gasteiger partial charge in [0.2, 0.25) is 0 Å². The molecule has 0 amide bonds. The third-order valence-electron chi connectivity index (χ3n) is 3.85. The van der Waals surface area contributed by atoms with E-state index in [9.17, 15) is 5.11 Å². The van der Waals surface area contributed by atoms with Crippen LogP contribution < -0.4 is 10.1 Å². The minimum atomic E-state index is -0.587. The highest BCUT2D eigenvalue weighted by molar-refractivity contribution is 5.35. The normalized spacial score (nSPS) is 15.5. The summed E-state index contributed by atoms with van der Waals surface area (Å²) in [5.74, 6) is 1.29. The van der Waals surface area contributed by atoms with Crippen molar-refractivity contribution in [3.05, 3.63) is 29.8 Å². The molecule has 0 saturated carbocycles. The Kier molecular flexibility index (Phi) is 8.35. The molecule has 0 spiro atoms. The summed E-state index contributed by atoms with van der Waals surface area (Å²) in [7, 11) is 0. The maximum atomic E-state index is 9.97. The molecule has 0 aromatic heterocycles. The van der Waals surface area contributed by atoms with E-state index in [0.717, 1.165) is 18.6 Å². The number of aliphatic hydroxyl groups is 2. The van der Waals surface area contributed by atoms with Gasteiger partial charge in [0.15, 0.2) is 0 Å². The van der Waals surface area contributed by atoms with Crippen LogP contribution in [0.4, 0.5) is 0 Å². The van der Waals surface area contributed by atoms with E-state index >= 15 is 0 Å². The van der Waals surface area contributed by atoms with Gasteiger partial charge in [0.1, 0.15) is 18.5 Å². The topological polar surface area (TPSA) is 61.7 Å². The van der Waals surface area contributed by atoms with Gasteiger partial charge in [0.05, 0.1) is 6.61 Å². The number of benzene rings is 1. The van der Waals surface area contributed by atoms with Crippen molar-refractivity contribution in [2.45, 2.75) is 51.7 Å². The molecule has 1 aromatic rings. The summed E-state index contributed by atoms with van der Waals surface area (Å²) in [6.07, 6.45) is 1.30. The fourth-order valence-corrected chi connectivity index (χ4v) is 2.12. The molecule has 0 aliphatic heterocycles. The molecule has 21 heavy (non-hydrogen) atoms. The van der Waals surface area contributed by atoms with Gasteiger partial charge in [-0.25, -0.2) is 0 Å². The van der Waals surface area contributed by atoms with Crippen molar-refractivity contribution in [2.75, 3.05) is 19.8 Å². The van der Waals surface area contributed by atoms with Gasteiger partial charge in [-0.05, 0) is 30.4 Å². The number of nitrogens with one attached hydrogen (secondary N) is 1. The van der Waals surface area contributed by atoms with Crippen LogP contribution in [0.5, 0.6) is 5.75 Å². The lowest BCUT2D eigenvalue weighted by atomic mass is 9.98. The lowest BCUT2D eigenvalue weighted by Gasteiger charge is -2.20. The van der Waals surface area contributed by atoms with Gasteiger partial charge in [0, 0.05) is 12.6 Å². The van der Waals surface area contributed by atoms with Gasteiger partial charge in [-0.1, -0.05) is 39.0 Å². The zero-order valence-corrected chi connectivity index (χ0v) is 13.4. The van der Waals surface area contributed by atoms with E-state index in [0.29, 0.717) is 12.5 Å². The second kappa shape index (κ2) is 9.77. The Hall–Kier alpha value is -1.10. The van der Waals surface area contributed by atoms with E-state index in [-0.39, 0.29) is 19.3 Å². The molecular weight excluding hydrogens is 266 g/mol. The van der Waals surface area contributed by atoms with E-state index < -0.39 is 6.10 Å². The van der Waals surface area contributed by atoms with Crippen molar-refractivity contribution in [1.82, 2.24) is 5.32 Å². The lowest BCUT2D eigenvalue weighted by molar-refractivity contribution is 0.0988. The van der Waals surface area contributed by atoms with Gasteiger partial charge in [-0.2, -0.15) is 0 Å². The molecule has 4 heteroatoms. The molecule has 1 aromatic carbocycles. The van der Waals surface area contributed by atoms with Crippen LogP contribution in [0, 0.1) is 0 Å². The largest absolute Gasteiger partial charge is 0.491 e. The van der Waals surface area contributed by atoms with Gasteiger partial charge < -0.3 is 20.3 Å². The van der Waals surface area contributed by atoms with Crippen LogP contribution in [-0.2, 0) is 0 Å². The Balaban J connectivity index is 2.47. The molecule has 0 aliphatic rings. The second-order valence-corrected chi connectivity index (χ2v) is 5.51. The van der Waals surface area contributed by atoms with Crippen molar-refractivity contribution in [3.8, 4) is 5.75 Å².